The largest absolute Gasteiger partial charge is 0.356 e. The lowest BCUT2D eigenvalue weighted by molar-refractivity contribution is 0.411. The van der Waals surface area contributed by atoms with E-state index in [4.69, 9.17) is 0 Å². The van der Waals surface area contributed by atoms with Gasteiger partial charge in [-0.05, 0) is 31.6 Å². The van der Waals surface area contributed by atoms with Crippen LogP contribution in [0, 0.1) is 18.8 Å². The van der Waals surface area contributed by atoms with E-state index in [0.29, 0.717) is 5.78 Å². The van der Waals surface area contributed by atoms with Crippen LogP contribution < -0.4 is 4.90 Å². The number of nitrogens with zero attached hydrogens (tertiary/aromatic N) is 5. The van der Waals surface area contributed by atoms with Crippen molar-refractivity contribution in [3.8, 4) is 0 Å². The van der Waals surface area contributed by atoms with Crippen LogP contribution in [-0.2, 0) is 0 Å². The molecule has 5 nitrogen and oxygen atoms in total. The van der Waals surface area contributed by atoms with E-state index in [-0.39, 0.29) is 0 Å². The van der Waals surface area contributed by atoms with Gasteiger partial charge < -0.3 is 4.90 Å². The number of aryl methyl sites for hydroxylation is 1. The van der Waals surface area contributed by atoms with Gasteiger partial charge in [-0.1, -0.05) is 12.2 Å². The average Bonchev–Trinajstić information content (AvgIpc) is 3.03. The third-order valence-electron chi connectivity index (χ3n) is 4.31. The molecule has 0 amide bonds. The zero-order valence-electron chi connectivity index (χ0n) is 11.0. The first-order valence-corrected chi connectivity index (χ1v) is 6.88. The Morgan fingerprint density at radius 1 is 1.16 bits per heavy atom. The van der Waals surface area contributed by atoms with Gasteiger partial charge in [0.1, 0.15) is 12.1 Å². The minimum atomic E-state index is 0.697. The Labute approximate surface area is 112 Å². The molecule has 0 saturated carbocycles. The molecule has 0 N–H and O–H groups in total. The number of aromatic nitrogens is 4. The molecule has 1 aliphatic heterocycles. The van der Waals surface area contributed by atoms with Gasteiger partial charge >= 0.3 is 0 Å². The summed E-state index contributed by atoms with van der Waals surface area (Å²) >= 11 is 0. The molecule has 19 heavy (non-hydrogen) atoms. The summed E-state index contributed by atoms with van der Waals surface area (Å²) < 4.78 is 1.86. The summed E-state index contributed by atoms with van der Waals surface area (Å²) in [5, 5.41) is 4.31. The van der Waals surface area contributed by atoms with E-state index in [2.05, 4.69) is 38.2 Å². The third kappa shape index (κ3) is 1.72. The number of anilines is 1. The van der Waals surface area contributed by atoms with Crippen molar-refractivity contribution >= 4 is 11.6 Å². The van der Waals surface area contributed by atoms with Crippen LogP contribution >= 0.6 is 0 Å². The Kier molecular flexibility index (Phi) is 2.33. The maximum atomic E-state index is 4.41. The van der Waals surface area contributed by atoms with Crippen molar-refractivity contribution in [1.82, 2.24) is 19.6 Å². The first kappa shape index (κ1) is 11.0. The van der Waals surface area contributed by atoms with Gasteiger partial charge in [0.05, 0.1) is 0 Å². The molecule has 0 unspecified atom stereocenters. The van der Waals surface area contributed by atoms with Gasteiger partial charge in [0.25, 0.3) is 5.78 Å². The molecule has 1 fully saturated rings. The molecule has 0 bridgehead atoms. The molecular weight excluding hydrogens is 238 g/mol. The maximum Gasteiger partial charge on any atom is 0.254 e. The Hall–Kier alpha value is -1.91. The molecule has 5 heteroatoms. The Bertz CT molecular complexity index is 628. The Morgan fingerprint density at radius 2 is 1.89 bits per heavy atom. The lowest BCUT2D eigenvalue weighted by atomic mass is 9.86. The first-order valence-electron chi connectivity index (χ1n) is 6.88. The van der Waals surface area contributed by atoms with Crippen molar-refractivity contribution in [2.45, 2.75) is 19.8 Å². The summed E-state index contributed by atoms with van der Waals surface area (Å²) in [6, 6.07) is 2.12. The molecule has 98 valence electrons. The maximum absolute atomic E-state index is 4.41. The molecule has 3 heterocycles. The van der Waals surface area contributed by atoms with Gasteiger partial charge in [0.2, 0.25) is 0 Å². The molecule has 4 rings (SSSR count). The Morgan fingerprint density at radius 3 is 2.63 bits per heavy atom. The van der Waals surface area contributed by atoms with Gasteiger partial charge in [-0.25, -0.2) is 4.98 Å². The Balaban J connectivity index is 1.73. The first-order chi connectivity index (χ1) is 9.31. The molecule has 2 aromatic heterocycles. The smallest absolute Gasteiger partial charge is 0.254 e. The zero-order valence-corrected chi connectivity index (χ0v) is 11.0. The van der Waals surface area contributed by atoms with E-state index in [9.17, 15) is 0 Å². The minimum Gasteiger partial charge on any atom is -0.356 e. The van der Waals surface area contributed by atoms with Crippen LogP contribution in [0.3, 0.4) is 0 Å². The van der Waals surface area contributed by atoms with Crippen LogP contribution in [0.25, 0.3) is 5.78 Å². The van der Waals surface area contributed by atoms with Crippen molar-refractivity contribution < 1.29 is 0 Å². The van der Waals surface area contributed by atoms with Crippen LogP contribution in [0.15, 0.2) is 24.5 Å². The molecule has 1 saturated heterocycles. The predicted octanol–water partition coefficient (Wildman–Crippen LogP) is 1.84. The highest BCUT2D eigenvalue weighted by Gasteiger charge is 2.33. The van der Waals surface area contributed by atoms with E-state index < -0.39 is 0 Å². The molecular formula is C14H17N5. The summed E-state index contributed by atoms with van der Waals surface area (Å²) in [4.78, 5) is 11.1. The van der Waals surface area contributed by atoms with Crippen molar-refractivity contribution in [2.24, 2.45) is 11.8 Å². The summed E-state index contributed by atoms with van der Waals surface area (Å²) in [6.07, 6.45) is 8.66. The van der Waals surface area contributed by atoms with E-state index in [1.807, 2.05) is 11.4 Å². The fraction of sp³-hybridized carbons (Fsp3) is 0.500. The lowest BCUT2D eigenvalue weighted by Crippen LogP contribution is -2.23. The summed E-state index contributed by atoms with van der Waals surface area (Å²) in [6.45, 7) is 4.25. The van der Waals surface area contributed by atoms with E-state index in [1.54, 1.807) is 6.33 Å². The number of hydrogen-bond donors (Lipinski definition) is 0. The summed E-state index contributed by atoms with van der Waals surface area (Å²) in [5.74, 6) is 3.41. The topological polar surface area (TPSA) is 46.3 Å². The molecule has 0 radical (unpaired) electrons. The molecule has 0 spiro atoms. The highest BCUT2D eigenvalue weighted by atomic mass is 15.4. The van der Waals surface area contributed by atoms with Crippen LogP contribution in [0.5, 0.6) is 0 Å². The second kappa shape index (κ2) is 4.05. The fourth-order valence-corrected chi connectivity index (χ4v) is 3.34. The van der Waals surface area contributed by atoms with Crippen LogP contribution in [0.4, 0.5) is 5.82 Å². The monoisotopic (exact) mass is 255 g/mol. The molecule has 2 aromatic rings. The number of hydrogen-bond acceptors (Lipinski definition) is 4. The van der Waals surface area contributed by atoms with Gasteiger partial charge in [-0.3, -0.25) is 0 Å². The molecule has 1 aliphatic carbocycles. The molecule has 0 aromatic carbocycles. The predicted molar refractivity (Wildman–Crippen MR) is 73.1 cm³/mol. The highest BCUT2D eigenvalue weighted by Crippen LogP contribution is 2.35. The minimum absolute atomic E-state index is 0.697. The normalized spacial score (nSPS) is 26.1. The quantitative estimate of drug-likeness (QED) is 0.729. The third-order valence-corrected chi connectivity index (χ3v) is 4.31. The molecule has 2 aliphatic rings. The van der Waals surface area contributed by atoms with E-state index >= 15 is 0 Å². The van der Waals surface area contributed by atoms with Crippen LogP contribution in [0.1, 0.15) is 18.5 Å². The second-order valence-electron chi connectivity index (χ2n) is 5.60. The highest BCUT2D eigenvalue weighted by molar-refractivity contribution is 5.48. The van der Waals surface area contributed by atoms with Crippen molar-refractivity contribution in [3.05, 3.63) is 30.2 Å². The SMILES string of the molecule is Cc1cc(N2C[C@H]3CC=CC[C@H]3C2)n2ncnc2n1. The van der Waals surface area contributed by atoms with Crippen LogP contribution in [-0.4, -0.2) is 32.7 Å². The van der Waals surface area contributed by atoms with Crippen molar-refractivity contribution in [1.29, 1.82) is 0 Å². The van der Waals surface area contributed by atoms with Gasteiger partial charge in [-0.15, -0.1) is 0 Å². The van der Waals surface area contributed by atoms with E-state index in [0.717, 1.165) is 36.4 Å². The average molecular weight is 255 g/mol. The van der Waals surface area contributed by atoms with Crippen molar-refractivity contribution in [2.75, 3.05) is 18.0 Å². The fourth-order valence-electron chi connectivity index (χ4n) is 3.34. The van der Waals surface area contributed by atoms with Gasteiger partial charge in [-0.2, -0.15) is 14.6 Å². The van der Waals surface area contributed by atoms with Crippen molar-refractivity contribution in [3.63, 3.8) is 0 Å². The standard InChI is InChI=1S/C14H17N5/c1-10-6-13(19-14(17-10)15-9-16-19)18-7-11-4-2-3-5-12(11)8-18/h2-3,6,9,11-12H,4-5,7-8H2,1H3/t11-,12+. The summed E-state index contributed by atoms with van der Waals surface area (Å²) in [5.41, 5.74) is 1.00. The van der Waals surface area contributed by atoms with Gasteiger partial charge in [0, 0.05) is 24.8 Å². The number of fused-ring (bicyclic) bond motifs is 2. The van der Waals surface area contributed by atoms with Crippen LogP contribution in [0.2, 0.25) is 0 Å². The lowest BCUT2D eigenvalue weighted by Gasteiger charge is -2.19. The summed E-state index contributed by atoms with van der Waals surface area (Å²) in [7, 11) is 0. The van der Waals surface area contributed by atoms with E-state index in [1.165, 1.54) is 12.8 Å². The zero-order chi connectivity index (χ0) is 12.8. The molecule has 2 atom stereocenters. The second-order valence-corrected chi connectivity index (χ2v) is 5.60. The van der Waals surface area contributed by atoms with Gasteiger partial charge in [0.15, 0.2) is 0 Å². The number of allylic oxidation sites excluding steroid dienone is 2. The number of rotatable bonds is 1.